The van der Waals surface area contributed by atoms with E-state index in [-0.39, 0.29) is 5.75 Å². The average molecular weight is 272 g/mol. The third-order valence-electron chi connectivity index (χ3n) is 2.80. The van der Waals surface area contributed by atoms with Crippen molar-refractivity contribution in [2.24, 2.45) is 0 Å². The van der Waals surface area contributed by atoms with Gasteiger partial charge in [-0.2, -0.15) is 0 Å². The average Bonchev–Trinajstić information content (AvgIpc) is 2.39. The van der Waals surface area contributed by atoms with E-state index in [1.165, 1.54) is 5.41 Å². The molecule has 0 aliphatic rings. The molecular weight excluding hydrogens is 256 g/mol. The molecule has 0 unspecified atom stereocenters. The molecule has 0 fully saturated rings. The van der Waals surface area contributed by atoms with Crippen LogP contribution in [0.2, 0.25) is 0 Å². The largest absolute Gasteiger partial charge is 0.224 e. The monoisotopic (exact) mass is 272 g/mol. The smallest absolute Gasteiger partial charge is 0.176 e. The highest BCUT2D eigenvalue weighted by atomic mass is 32.2. The second-order valence-electron chi connectivity index (χ2n) is 4.46. The van der Waals surface area contributed by atoms with Crippen molar-refractivity contribution in [1.82, 2.24) is 0 Å². The molecule has 0 atom stereocenters. The van der Waals surface area contributed by atoms with Crippen LogP contribution in [-0.4, -0.2) is 8.42 Å². The van der Waals surface area contributed by atoms with Gasteiger partial charge in [0.15, 0.2) is 9.84 Å². The maximum atomic E-state index is 12.1. The molecule has 2 nitrogen and oxygen atoms in total. The van der Waals surface area contributed by atoms with Crippen LogP contribution in [-0.2, 0) is 15.6 Å². The SMILES string of the molecule is C/C(=C\S(=O)(=O)Cc1ccccc1)c1ccccc1. The maximum Gasteiger partial charge on any atom is 0.176 e. The topological polar surface area (TPSA) is 34.1 Å². The number of rotatable bonds is 4. The molecule has 0 amide bonds. The van der Waals surface area contributed by atoms with Crippen LogP contribution in [0.25, 0.3) is 5.57 Å². The lowest BCUT2D eigenvalue weighted by Gasteiger charge is -2.03. The van der Waals surface area contributed by atoms with Crippen molar-refractivity contribution < 1.29 is 8.42 Å². The van der Waals surface area contributed by atoms with E-state index in [1.54, 1.807) is 0 Å². The van der Waals surface area contributed by atoms with Crippen molar-refractivity contribution >= 4 is 15.4 Å². The molecule has 2 rings (SSSR count). The van der Waals surface area contributed by atoms with Gasteiger partial charge in [0.1, 0.15) is 0 Å². The summed E-state index contributed by atoms with van der Waals surface area (Å²) in [5, 5.41) is 1.36. The van der Waals surface area contributed by atoms with Gasteiger partial charge in [-0.05, 0) is 23.6 Å². The first-order valence-electron chi connectivity index (χ1n) is 6.07. The first-order valence-corrected chi connectivity index (χ1v) is 7.79. The summed E-state index contributed by atoms with van der Waals surface area (Å²) in [5.41, 5.74) is 2.50. The van der Waals surface area contributed by atoms with Crippen molar-refractivity contribution in [3.8, 4) is 0 Å². The van der Waals surface area contributed by atoms with Crippen LogP contribution in [0.15, 0.2) is 66.1 Å². The zero-order valence-electron chi connectivity index (χ0n) is 10.8. The molecule has 0 aromatic heterocycles. The van der Waals surface area contributed by atoms with Gasteiger partial charge in [0.2, 0.25) is 0 Å². The Labute approximate surface area is 114 Å². The zero-order valence-corrected chi connectivity index (χ0v) is 11.6. The van der Waals surface area contributed by atoms with Crippen molar-refractivity contribution in [2.45, 2.75) is 12.7 Å². The molecule has 0 spiro atoms. The van der Waals surface area contributed by atoms with Gasteiger partial charge in [-0.25, -0.2) is 8.42 Å². The Morgan fingerprint density at radius 1 is 0.947 bits per heavy atom. The Balaban J connectivity index is 2.22. The molecule has 19 heavy (non-hydrogen) atoms. The van der Waals surface area contributed by atoms with Gasteiger partial charge in [-0.15, -0.1) is 0 Å². The van der Waals surface area contributed by atoms with Gasteiger partial charge in [0.05, 0.1) is 5.75 Å². The van der Waals surface area contributed by atoms with Gasteiger partial charge >= 0.3 is 0 Å². The summed E-state index contributed by atoms with van der Waals surface area (Å²) in [6.07, 6.45) is 0. The van der Waals surface area contributed by atoms with Crippen LogP contribution in [0, 0.1) is 0 Å². The van der Waals surface area contributed by atoms with Crippen LogP contribution in [0.4, 0.5) is 0 Å². The first-order chi connectivity index (χ1) is 9.07. The molecule has 0 bridgehead atoms. The predicted octanol–water partition coefficient (Wildman–Crippen LogP) is 3.66. The summed E-state index contributed by atoms with van der Waals surface area (Å²) >= 11 is 0. The highest BCUT2D eigenvalue weighted by Gasteiger charge is 2.09. The highest BCUT2D eigenvalue weighted by molar-refractivity contribution is 7.93. The third-order valence-corrected chi connectivity index (χ3v) is 4.24. The minimum atomic E-state index is -3.24. The molecule has 0 aliphatic carbocycles. The van der Waals surface area contributed by atoms with Crippen molar-refractivity contribution in [1.29, 1.82) is 0 Å². The number of sulfone groups is 1. The van der Waals surface area contributed by atoms with Gasteiger partial charge in [0.25, 0.3) is 0 Å². The zero-order chi connectivity index (χ0) is 13.7. The molecule has 98 valence electrons. The summed E-state index contributed by atoms with van der Waals surface area (Å²) in [6, 6.07) is 18.7. The van der Waals surface area contributed by atoms with Crippen LogP contribution in [0.1, 0.15) is 18.1 Å². The molecule has 0 heterocycles. The molecule has 2 aromatic carbocycles. The van der Waals surface area contributed by atoms with Crippen LogP contribution in [0.3, 0.4) is 0 Å². The molecule has 0 aliphatic heterocycles. The van der Waals surface area contributed by atoms with E-state index in [0.717, 1.165) is 16.7 Å². The summed E-state index contributed by atoms with van der Waals surface area (Å²) in [7, 11) is -3.24. The fourth-order valence-corrected chi connectivity index (χ4v) is 3.30. The Morgan fingerprint density at radius 2 is 1.47 bits per heavy atom. The fourth-order valence-electron chi connectivity index (χ4n) is 1.89. The van der Waals surface area contributed by atoms with Crippen LogP contribution < -0.4 is 0 Å². The highest BCUT2D eigenvalue weighted by Crippen LogP contribution is 2.16. The Hall–Kier alpha value is -1.87. The van der Waals surface area contributed by atoms with Crippen molar-refractivity contribution in [2.75, 3.05) is 0 Å². The minimum Gasteiger partial charge on any atom is -0.224 e. The summed E-state index contributed by atoms with van der Waals surface area (Å²) in [5.74, 6) is 0.0397. The quantitative estimate of drug-likeness (QED) is 0.851. The van der Waals surface area contributed by atoms with Crippen LogP contribution in [0.5, 0.6) is 0 Å². The van der Waals surface area contributed by atoms with E-state index in [0.29, 0.717) is 0 Å². The Morgan fingerprint density at radius 3 is 2.05 bits per heavy atom. The molecule has 0 radical (unpaired) electrons. The summed E-state index contributed by atoms with van der Waals surface area (Å²) in [4.78, 5) is 0. The standard InChI is InChI=1S/C16H16O2S/c1-14(16-10-6-3-7-11-16)12-19(17,18)13-15-8-4-2-5-9-15/h2-12H,13H2,1H3/b14-12+. The maximum absolute atomic E-state index is 12.1. The second-order valence-corrected chi connectivity index (χ2v) is 6.31. The summed E-state index contributed by atoms with van der Waals surface area (Å²) < 4.78 is 24.2. The van der Waals surface area contributed by atoms with Gasteiger partial charge < -0.3 is 0 Å². The lowest BCUT2D eigenvalue weighted by molar-refractivity contribution is 0.604. The van der Waals surface area contributed by atoms with E-state index in [9.17, 15) is 8.42 Å². The minimum absolute atomic E-state index is 0.0397. The van der Waals surface area contributed by atoms with E-state index >= 15 is 0 Å². The molecule has 2 aromatic rings. The van der Waals surface area contributed by atoms with Gasteiger partial charge in [-0.3, -0.25) is 0 Å². The molecule has 0 saturated carbocycles. The lowest BCUT2D eigenvalue weighted by Crippen LogP contribution is -2.00. The van der Waals surface area contributed by atoms with E-state index in [1.807, 2.05) is 67.6 Å². The van der Waals surface area contributed by atoms with Crippen LogP contribution >= 0.6 is 0 Å². The van der Waals surface area contributed by atoms with E-state index < -0.39 is 9.84 Å². The summed E-state index contributed by atoms with van der Waals surface area (Å²) in [6.45, 7) is 1.82. The third kappa shape index (κ3) is 4.07. The predicted molar refractivity (Wildman–Crippen MR) is 79.2 cm³/mol. The number of allylic oxidation sites excluding steroid dienone is 1. The molecular formula is C16H16O2S. The normalized spacial score (nSPS) is 12.4. The fraction of sp³-hybridized carbons (Fsp3) is 0.125. The lowest BCUT2D eigenvalue weighted by atomic mass is 10.1. The van der Waals surface area contributed by atoms with Gasteiger partial charge in [-0.1, -0.05) is 60.7 Å². The number of hydrogen-bond acceptors (Lipinski definition) is 2. The number of benzene rings is 2. The molecule has 0 saturated heterocycles. The first kappa shape index (κ1) is 13.6. The molecule has 3 heteroatoms. The Kier molecular flexibility index (Phi) is 4.17. The van der Waals surface area contributed by atoms with Crippen molar-refractivity contribution in [3.05, 3.63) is 77.2 Å². The number of hydrogen-bond donors (Lipinski definition) is 0. The second kappa shape index (κ2) is 5.85. The van der Waals surface area contributed by atoms with E-state index in [4.69, 9.17) is 0 Å². The Bertz CT molecular complexity index is 656. The molecule has 0 N–H and O–H groups in total. The van der Waals surface area contributed by atoms with Crippen molar-refractivity contribution in [3.63, 3.8) is 0 Å². The van der Waals surface area contributed by atoms with Gasteiger partial charge in [0, 0.05) is 5.41 Å². The van der Waals surface area contributed by atoms with E-state index in [2.05, 4.69) is 0 Å².